The molecular weight excluding hydrogens is 1080 g/mol. The Labute approximate surface area is 415 Å². The quantitative estimate of drug-likeness (QED) is 0.0297. The molecule has 0 aliphatic carbocycles. The van der Waals surface area contributed by atoms with E-state index in [1.165, 1.54) is 185 Å². The van der Waals surface area contributed by atoms with E-state index in [-0.39, 0.29) is 11.6 Å². The van der Waals surface area contributed by atoms with Gasteiger partial charge in [-0.1, -0.05) is 105 Å². The maximum atomic E-state index is 16.6. The van der Waals surface area contributed by atoms with Crippen LogP contribution in [0.4, 0.5) is 8.78 Å². The molecule has 1 aromatic carbocycles. The SMILES string of the molecule is CCCCCCCCC(CCCCCC)Cc1sc(-c2c3c[c]([Sn]([CH3])([CH3])[CH3])sc3c(-c3cc(F)c(CC(CCCCCC)CCCCCCCC)s3)c3c[c]([Sn]([CH3])([CH3])[CH3])sc23)cc1F. The zero-order valence-corrected chi connectivity index (χ0v) is 51.2. The molecule has 2 unspecified atom stereocenters. The predicted molar refractivity (Wildman–Crippen MR) is 298 cm³/mol. The van der Waals surface area contributed by atoms with Crippen molar-refractivity contribution in [1.82, 2.24) is 0 Å². The van der Waals surface area contributed by atoms with Gasteiger partial charge in [0.15, 0.2) is 0 Å². The first-order valence-electron chi connectivity index (χ1n) is 26.3. The van der Waals surface area contributed by atoms with Gasteiger partial charge in [-0.15, -0.1) is 0 Å². The molecule has 5 rings (SSSR count). The Morgan fingerprint density at radius 1 is 0.406 bits per heavy atom. The molecule has 0 saturated heterocycles. The van der Waals surface area contributed by atoms with Crippen molar-refractivity contribution in [2.45, 2.75) is 224 Å². The minimum absolute atomic E-state index is 0.000664. The average Bonchev–Trinajstić information content (AvgIpc) is 4.05. The molecule has 0 aliphatic rings. The molecule has 0 radical (unpaired) electrons. The first-order chi connectivity index (χ1) is 30.7. The second kappa shape index (κ2) is 27.4. The van der Waals surface area contributed by atoms with Crippen LogP contribution < -0.4 is 5.79 Å². The van der Waals surface area contributed by atoms with E-state index in [1.807, 2.05) is 34.8 Å². The molecular formula is C56H88F2S4Sn2. The molecule has 0 bridgehead atoms. The third kappa shape index (κ3) is 16.0. The molecule has 0 fully saturated rings. The van der Waals surface area contributed by atoms with Gasteiger partial charge in [0, 0.05) is 0 Å². The van der Waals surface area contributed by atoms with Crippen LogP contribution in [0.3, 0.4) is 0 Å². The minimum atomic E-state index is -2.56. The summed E-state index contributed by atoms with van der Waals surface area (Å²) in [5.41, 5.74) is 2.51. The van der Waals surface area contributed by atoms with Crippen molar-refractivity contribution < 1.29 is 8.78 Å². The number of unbranched alkanes of at least 4 members (excludes halogenated alkanes) is 16. The van der Waals surface area contributed by atoms with Gasteiger partial charge in [-0.05, 0) is 0 Å². The van der Waals surface area contributed by atoms with Gasteiger partial charge in [0.05, 0.1) is 0 Å². The summed E-state index contributed by atoms with van der Waals surface area (Å²) < 4.78 is 38.9. The summed E-state index contributed by atoms with van der Waals surface area (Å²) in [5, 5.41) is 2.57. The van der Waals surface area contributed by atoms with Gasteiger partial charge >= 0.3 is 315 Å². The number of benzene rings is 1. The van der Waals surface area contributed by atoms with Crippen LogP contribution in [-0.2, 0) is 12.8 Å². The van der Waals surface area contributed by atoms with Crippen molar-refractivity contribution in [1.29, 1.82) is 0 Å². The first kappa shape index (κ1) is 54.9. The molecule has 2 atom stereocenters. The van der Waals surface area contributed by atoms with E-state index in [2.05, 4.69) is 69.5 Å². The molecule has 64 heavy (non-hydrogen) atoms. The van der Waals surface area contributed by atoms with Crippen molar-refractivity contribution >= 4 is 108 Å². The average molecular weight is 1170 g/mol. The summed E-state index contributed by atoms with van der Waals surface area (Å²) in [6.45, 7) is 9.16. The summed E-state index contributed by atoms with van der Waals surface area (Å²) in [5.74, 6) is 1.09. The van der Waals surface area contributed by atoms with Crippen LogP contribution in [0.15, 0.2) is 24.3 Å². The Balaban J connectivity index is 1.57. The Kier molecular flexibility index (Phi) is 23.5. The monoisotopic (exact) mass is 1170 g/mol. The number of rotatable bonds is 32. The van der Waals surface area contributed by atoms with Gasteiger partial charge in [0.2, 0.25) is 0 Å². The van der Waals surface area contributed by atoms with E-state index in [0.29, 0.717) is 11.8 Å². The molecule has 4 heterocycles. The Morgan fingerprint density at radius 3 is 1.02 bits per heavy atom. The van der Waals surface area contributed by atoms with E-state index in [9.17, 15) is 0 Å². The fraction of sp³-hybridized carbons (Fsp3) is 0.679. The third-order valence-electron chi connectivity index (χ3n) is 13.8. The molecule has 0 N–H and O–H groups in total. The van der Waals surface area contributed by atoms with E-state index < -0.39 is 36.8 Å². The topological polar surface area (TPSA) is 0 Å². The number of halogens is 2. The summed E-state index contributed by atoms with van der Waals surface area (Å²) in [4.78, 5) is 19.2. The molecule has 0 amide bonds. The number of hydrogen-bond donors (Lipinski definition) is 0. The van der Waals surface area contributed by atoms with Crippen LogP contribution in [-0.4, -0.2) is 36.8 Å². The molecule has 4 aromatic heterocycles. The molecule has 8 heteroatoms. The van der Waals surface area contributed by atoms with Crippen molar-refractivity contribution in [3.8, 4) is 20.9 Å². The third-order valence-corrected chi connectivity index (χ3v) is 37.2. The number of thiophene rings is 4. The molecule has 5 aromatic rings. The van der Waals surface area contributed by atoms with Gasteiger partial charge in [0.1, 0.15) is 0 Å². The first-order valence-corrected chi connectivity index (χ1v) is 49.6. The zero-order valence-electron chi connectivity index (χ0n) is 42.2. The summed E-state index contributed by atoms with van der Waals surface area (Å²) in [7, 11) is 0. The Hall–Kier alpha value is -0.00260. The Bertz CT molecular complexity index is 1920. The maximum absolute atomic E-state index is 16.6. The number of fused-ring (bicyclic) bond motifs is 2. The van der Waals surface area contributed by atoms with Crippen LogP contribution in [0.5, 0.6) is 0 Å². The van der Waals surface area contributed by atoms with Crippen molar-refractivity contribution in [3.63, 3.8) is 0 Å². The molecule has 0 aliphatic heterocycles. The predicted octanol–water partition coefficient (Wildman–Crippen LogP) is 20.7. The van der Waals surface area contributed by atoms with Crippen LogP contribution in [0, 0.1) is 23.5 Å². The van der Waals surface area contributed by atoms with Crippen LogP contribution in [0.25, 0.3) is 41.1 Å². The van der Waals surface area contributed by atoms with Crippen LogP contribution >= 0.6 is 45.3 Å². The van der Waals surface area contributed by atoms with Gasteiger partial charge in [-0.2, -0.15) is 0 Å². The summed E-state index contributed by atoms with van der Waals surface area (Å²) in [6.07, 6.45) is 32.5. The van der Waals surface area contributed by atoms with Gasteiger partial charge in [-0.25, -0.2) is 0 Å². The van der Waals surface area contributed by atoms with Gasteiger partial charge in [0.25, 0.3) is 0 Å². The van der Waals surface area contributed by atoms with Gasteiger partial charge < -0.3 is 0 Å². The molecule has 0 nitrogen and oxygen atoms in total. The van der Waals surface area contributed by atoms with E-state index >= 15 is 8.78 Å². The molecule has 358 valence electrons. The standard InChI is InChI=1S/C50H70F2S4.6CH3.2Sn/c1-5-9-13-17-19-23-27-37(25-21-15-11-7-3)33-43-41(51)35-45(55-43)47-39-29-31-54-50(39)48(40-30-32-53-49(40)47)46-36-42(52)44(56-46)34-38(26-22-16-12-8-4)28-24-20-18-14-10-6-2;;;;;;;;/h29-30,35-38H,5-28,33-34H2,1-4H3;6*1H3;;. The zero-order chi connectivity index (χ0) is 46.3. The Morgan fingerprint density at radius 2 is 0.703 bits per heavy atom. The van der Waals surface area contributed by atoms with Crippen molar-refractivity contribution in [3.05, 3.63) is 45.7 Å². The van der Waals surface area contributed by atoms with Crippen LogP contribution in [0.1, 0.15) is 192 Å². The molecule has 0 saturated carbocycles. The van der Waals surface area contributed by atoms with E-state index in [0.717, 1.165) is 32.4 Å². The fourth-order valence-electron chi connectivity index (χ4n) is 9.70. The van der Waals surface area contributed by atoms with Crippen molar-refractivity contribution in [2.75, 3.05) is 0 Å². The molecule has 0 spiro atoms. The summed E-state index contributed by atoms with van der Waals surface area (Å²) in [6, 6.07) is 8.88. The number of hydrogen-bond acceptors (Lipinski definition) is 4. The summed E-state index contributed by atoms with van der Waals surface area (Å²) >= 11 is 2.35. The van der Waals surface area contributed by atoms with Crippen molar-refractivity contribution in [2.24, 2.45) is 11.8 Å². The second-order valence-corrected chi connectivity index (χ2v) is 56.9. The second-order valence-electron chi connectivity index (χ2n) is 21.7. The van der Waals surface area contributed by atoms with E-state index in [4.69, 9.17) is 0 Å². The van der Waals surface area contributed by atoms with Crippen LogP contribution in [0.2, 0.25) is 29.6 Å². The van der Waals surface area contributed by atoms with Gasteiger partial charge in [-0.3, -0.25) is 0 Å². The fourth-order valence-corrected chi connectivity index (χ4v) is 25.1. The normalized spacial score (nSPS) is 13.6. The van der Waals surface area contributed by atoms with E-state index in [1.54, 1.807) is 28.5 Å².